The number of rotatable bonds is 9. The molecular formula is C27H26F2N4O4. The van der Waals surface area contributed by atoms with Crippen LogP contribution >= 0.6 is 0 Å². The van der Waals surface area contributed by atoms with Gasteiger partial charge >= 0.3 is 11.8 Å². The van der Waals surface area contributed by atoms with Crippen LogP contribution in [0.3, 0.4) is 0 Å². The van der Waals surface area contributed by atoms with Gasteiger partial charge in [-0.05, 0) is 42.0 Å². The van der Waals surface area contributed by atoms with Crippen molar-refractivity contribution in [3.8, 4) is 23.3 Å². The van der Waals surface area contributed by atoms with Gasteiger partial charge in [0.25, 0.3) is 0 Å². The van der Waals surface area contributed by atoms with E-state index in [4.69, 9.17) is 13.9 Å². The third-order valence-electron chi connectivity index (χ3n) is 6.09. The average molecular weight is 509 g/mol. The summed E-state index contributed by atoms with van der Waals surface area (Å²) in [6.07, 6.45) is -0.459. The fourth-order valence-electron chi connectivity index (χ4n) is 4.11. The molecule has 0 aliphatic carbocycles. The van der Waals surface area contributed by atoms with Gasteiger partial charge in [-0.25, -0.2) is 13.6 Å². The van der Waals surface area contributed by atoms with Crippen LogP contribution in [0, 0.1) is 11.6 Å². The van der Waals surface area contributed by atoms with Gasteiger partial charge in [0.2, 0.25) is 0 Å². The van der Waals surface area contributed by atoms with E-state index in [0.29, 0.717) is 24.1 Å². The minimum Gasteiger partial charge on any atom is -0.492 e. The SMILES string of the molecule is O=c1oc(Oc2ccc(F)cc2F)nn1-c1ccc(OCCN2CCN(Cc3ccccc3)CC2)cc1. The molecule has 192 valence electrons. The van der Waals surface area contributed by atoms with Crippen molar-refractivity contribution in [1.29, 1.82) is 0 Å². The molecule has 1 fully saturated rings. The Labute approximate surface area is 212 Å². The van der Waals surface area contributed by atoms with E-state index in [9.17, 15) is 13.6 Å². The monoisotopic (exact) mass is 508 g/mol. The quantitative estimate of drug-likeness (QED) is 0.337. The molecule has 0 atom stereocenters. The second-order valence-electron chi connectivity index (χ2n) is 8.67. The highest BCUT2D eigenvalue weighted by Gasteiger charge is 2.17. The maximum atomic E-state index is 13.8. The first kappa shape index (κ1) is 24.7. The first-order valence-electron chi connectivity index (χ1n) is 12.0. The minimum absolute atomic E-state index is 0.309. The molecule has 5 rings (SSSR count). The van der Waals surface area contributed by atoms with E-state index in [1.807, 2.05) is 6.07 Å². The van der Waals surface area contributed by atoms with Gasteiger partial charge in [0, 0.05) is 45.3 Å². The highest BCUT2D eigenvalue weighted by molar-refractivity contribution is 5.36. The molecule has 0 unspecified atom stereocenters. The number of benzene rings is 3. The molecule has 0 spiro atoms. The summed E-state index contributed by atoms with van der Waals surface area (Å²) in [7, 11) is 0. The highest BCUT2D eigenvalue weighted by atomic mass is 19.1. The maximum Gasteiger partial charge on any atom is 0.444 e. The molecule has 1 saturated heterocycles. The van der Waals surface area contributed by atoms with Crippen molar-refractivity contribution < 1.29 is 22.7 Å². The van der Waals surface area contributed by atoms with E-state index in [0.717, 1.165) is 56.1 Å². The molecule has 0 saturated carbocycles. The molecule has 1 aliphatic heterocycles. The van der Waals surface area contributed by atoms with E-state index in [2.05, 4.69) is 39.2 Å². The normalized spacial score (nSPS) is 14.5. The van der Waals surface area contributed by atoms with E-state index < -0.39 is 23.5 Å². The molecule has 8 nitrogen and oxygen atoms in total. The number of hydrogen-bond acceptors (Lipinski definition) is 7. The van der Waals surface area contributed by atoms with Crippen molar-refractivity contribution >= 4 is 0 Å². The van der Waals surface area contributed by atoms with Gasteiger partial charge in [-0.1, -0.05) is 35.4 Å². The number of nitrogens with zero attached hydrogens (tertiary/aromatic N) is 4. The Morgan fingerprint density at radius 3 is 2.35 bits per heavy atom. The van der Waals surface area contributed by atoms with Gasteiger partial charge in [0.15, 0.2) is 11.6 Å². The Morgan fingerprint density at radius 1 is 0.892 bits per heavy atom. The van der Waals surface area contributed by atoms with Gasteiger partial charge in [-0.2, -0.15) is 4.68 Å². The van der Waals surface area contributed by atoms with Gasteiger partial charge < -0.3 is 13.9 Å². The Hall–Kier alpha value is -4.02. The maximum absolute atomic E-state index is 13.8. The van der Waals surface area contributed by atoms with Gasteiger partial charge in [0.05, 0.1) is 5.69 Å². The van der Waals surface area contributed by atoms with E-state index >= 15 is 0 Å². The van der Waals surface area contributed by atoms with E-state index in [1.54, 1.807) is 24.3 Å². The number of aromatic nitrogens is 2. The molecule has 37 heavy (non-hydrogen) atoms. The van der Waals surface area contributed by atoms with Crippen molar-refractivity contribution in [2.24, 2.45) is 0 Å². The lowest BCUT2D eigenvalue weighted by Gasteiger charge is -2.34. The molecule has 1 aliphatic rings. The lowest BCUT2D eigenvalue weighted by atomic mass is 10.2. The summed E-state index contributed by atoms with van der Waals surface area (Å²) in [5, 5.41) is 3.93. The largest absolute Gasteiger partial charge is 0.492 e. The standard InChI is InChI=1S/C27H26F2N4O4/c28-21-6-11-25(24(29)18-21)36-26-30-33(27(34)37-26)22-7-9-23(10-8-22)35-17-16-31-12-14-32(15-13-31)19-20-4-2-1-3-5-20/h1-11,18H,12-17,19H2. The molecule has 10 heteroatoms. The first-order chi connectivity index (χ1) is 18.0. The minimum atomic E-state index is -0.937. The summed E-state index contributed by atoms with van der Waals surface area (Å²) < 4.78 is 43.8. The van der Waals surface area contributed by atoms with Crippen LogP contribution < -0.4 is 15.2 Å². The van der Waals surface area contributed by atoms with Crippen molar-refractivity contribution in [3.63, 3.8) is 0 Å². The summed E-state index contributed by atoms with van der Waals surface area (Å²) in [4.78, 5) is 17.0. The molecule has 1 aromatic heterocycles. The summed E-state index contributed by atoms with van der Waals surface area (Å²) in [5.41, 5.74) is 1.76. The van der Waals surface area contributed by atoms with Crippen LogP contribution in [-0.4, -0.2) is 58.9 Å². The molecular weight excluding hydrogens is 482 g/mol. The Morgan fingerprint density at radius 2 is 1.62 bits per heavy atom. The zero-order valence-electron chi connectivity index (χ0n) is 20.1. The Kier molecular flexibility index (Phi) is 7.57. The first-order valence-corrected chi connectivity index (χ1v) is 12.0. The smallest absolute Gasteiger partial charge is 0.444 e. The fraction of sp³-hybridized carbons (Fsp3) is 0.259. The van der Waals surface area contributed by atoms with Gasteiger partial charge in [-0.15, -0.1) is 0 Å². The number of halogens is 2. The molecule has 0 radical (unpaired) electrons. The molecule has 4 aromatic rings. The van der Waals surface area contributed by atoms with E-state index in [-0.39, 0.29) is 5.75 Å². The number of hydrogen-bond donors (Lipinski definition) is 0. The number of ether oxygens (including phenoxy) is 2. The summed E-state index contributed by atoms with van der Waals surface area (Å²) >= 11 is 0. The molecule has 0 N–H and O–H groups in total. The molecule has 0 bridgehead atoms. The van der Waals surface area contributed by atoms with Crippen LogP contribution in [0.1, 0.15) is 5.56 Å². The second-order valence-corrected chi connectivity index (χ2v) is 8.67. The van der Waals surface area contributed by atoms with Crippen LogP contribution in [0.4, 0.5) is 8.78 Å². The third-order valence-corrected chi connectivity index (χ3v) is 6.09. The predicted molar refractivity (Wildman–Crippen MR) is 132 cm³/mol. The van der Waals surface area contributed by atoms with Gasteiger partial charge in [-0.3, -0.25) is 9.80 Å². The molecule has 0 amide bonds. The summed E-state index contributed by atoms with van der Waals surface area (Å²) in [6.45, 7) is 6.38. The van der Waals surface area contributed by atoms with Crippen molar-refractivity contribution in [2.45, 2.75) is 6.54 Å². The summed E-state index contributed by atoms with van der Waals surface area (Å²) in [5.74, 6) is -2.14. The van der Waals surface area contributed by atoms with Crippen molar-refractivity contribution in [1.82, 2.24) is 19.6 Å². The van der Waals surface area contributed by atoms with Crippen LogP contribution in [0.15, 0.2) is 82.0 Å². The highest BCUT2D eigenvalue weighted by Crippen LogP contribution is 2.23. The van der Waals surface area contributed by atoms with Crippen molar-refractivity contribution in [2.75, 3.05) is 39.3 Å². The van der Waals surface area contributed by atoms with Crippen LogP contribution in [-0.2, 0) is 6.54 Å². The summed E-state index contributed by atoms with van der Waals surface area (Å²) in [6, 6.07) is 20.0. The fourth-order valence-corrected chi connectivity index (χ4v) is 4.11. The number of piperazine rings is 1. The average Bonchev–Trinajstić information content (AvgIpc) is 3.27. The van der Waals surface area contributed by atoms with Crippen molar-refractivity contribution in [3.05, 3.63) is 101 Å². The lowest BCUT2D eigenvalue weighted by molar-refractivity contribution is 0.112. The third kappa shape index (κ3) is 6.41. The zero-order chi connectivity index (χ0) is 25.6. The second kappa shape index (κ2) is 11.4. The van der Waals surface area contributed by atoms with Crippen LogP contribution in [0.25, 0.3) is 5.69 Å². The zero-order valence-corrected chi connectivity index (χ0v) is 20.1. The van der Waals surface area contributed by atoms with Crippen LogP contribution in [0.5, 0.6) is 17.6 Å². The lowest BCUT2D eigenvalue weighted by Crippen LogP contribution is -2.47. The predicted octanol–water partition coefficient (Wildman–Crippen LogP) is 4.09. The van der Waals surface area contributed by atoms with Gasteiger partial charge in [0.1, 0.15) is 18.2 Å². The Balaban J connectivity index is 1.09. The topological polar surface area (TPSA) is 73.0 Å². The van der Waals surface area contributed by atoms with Crippen LogP contribution in [0.2, 0.25) is 0 Å². The molecule has 3 aromatic carbocycles. The van der Waals surface area contributed by atoms with E-state index in [1.165, 1.54) is 5.56 Å². The Bertz CT molecular complexity index is 1370. The molecule has 2 heterocycles.